The van der Waals surface area contributed by atoms with Gasteiger partial charge in [-0.1, -0.05) is 38.1 Å². The molecule has 1 aromatic rings. The van der Waals surface area contributed by atoms with Crippen molar-refractivity contribution < 1.29 is 9.59 Å². The smallest absolute Gasteiger partial charge is 0.322 e. The van der Waals surface area contributed by atoms with E-state index in [2.05, 4.69) is 31.3 Å². The summed E-state index contributed by atoms with van der Waals surface area (Å²) >= 11 is 0. The van der Waals surface area contributed by atoms with Gasteiger partial charge in [-0.25, -0.2) is 4.79 Å². The van der Waals surface area contributed by atoms with Crippen molar-refractivity contribution in [2.45, 2.75) is 25.8 Å². The maximum absolute atomic E-state index is 12.4. The van der Waals surface area contributed by atoms with Crippen molar-refractivity contribution in [3.63, 3.8) is 0 Å². The van der Waals surface area contributed by atoms with E-state index < -0.39 is 0 Å². The Bertz CT molecular complexity index is 661. The van der Waals surface area contributed by atoms with E-state index in [1.165, 1.54) is 10.5 Å². The average Bonchev–Trinajstić information content (AvgIpc) is 2.79. The number of hydrogen-bond donors (Lipinski definition) is 1. The van der Waals surface area contributed by atoms with Crippen LogP contribution >= 0.6 is 0 Å². The first-order valence-corrected chi connectivity index (χ1v) is 7.52. The van der Waals surface area contributed by atoms with Crippen molar-refractivity contribution in [2.75, 3.05) is 20.6 Å². The third-order valence-electron chi connectivity index (χ3n) is 4.48. The van der Waals surface area contributed by atoms with Gasteiger partial charge in [-0.2, -0.15) is 0 Å². The van der Waals surface area contributed by atoms with E-state index in [9.17, 15) is 9.59 Å². The second kappa shape index (κ2) is 5.16. The van der Waals surface area contributed by atoms with Gasteiger partial charge in [0, 0.05) is 14.1 Å². The molecule has 2 aliphatic heterocycles. The van der Waals surface area contributed by atoms with Crippen LogP contribution in [0, 0.1) is 0 Å². The fraction of sp³-hybridized carbons (Fsp3) is 0.412. The fourth-order valence-electron chi connectivity index (χ4n) is 3.03. The third-order valence-corrected chi connectivity index (χ3v) is 4.48. The Balaban J connectivity index is 2.02. The van der Waals surface area contributed by atoms with Crippen LogP contribution in [-0.2, 0) is 4.79 Å². The molecule has 116 valence electrons. The lowest BCUT2D eigenvalue weighted by atomic mass is 9.93. The number of amides is 3. The molecule has 5 heteroatoms. The monoisotopic (exact) mass is 299 g/mol. The van der Waals surface area contributed by atoms with Crippen molar-refractivity contribution in [3.05, 3.63) is 46.7 Å². The molecule has 1 aromatic carbocycles. The van der Waals surface area contributed by atoms with Crippen molar-refractivity contribution in [2.24, 2.45) is 0 Å². The zero-order valence-electron chi connectivity index (χ0n) is 13.4. The lowest BCUT2D eigenvalue weighted by molar-refractivity contribution is -0.124. The highest BCUT2D eigenvalue weighted by molar-refractivity contribution is 6.01. The Morgan fingerprint density at radius 3 is 2.36 bits per heavy atom. The lowest BCUT2D eigenvalue weighted by Crippen LogP contribution is -2.45. The van der Waals surface area contributed by atoms with Gasteiger partial charge in [0.2, 0.25) is 0 Å². The van der Waals surface area contributed by atoms with Crippen molar-refractivity contribution in [3.8, 4) is 0 Å². The molecule has 0 aliphatic carbocycles. The van der Waals surface area contributed by atoms with E-state index in [-0.39, 0.29) is 18.0 Å². The Labute approximate surface area is 130 Å². The summed E-state index contributed by atoms with van der Waals surface area (Å²) in [6.45, 7) is 4.77. The zero-order valence-corrected chi connectivity index (χ0v) is 13.4. The minimum atomic E-state index is -0.364. The SMILES string of the molecule is CC(C)c1ccc(C2NC(=O)N(C)C3=C2C(=O)N(C)C3)cc1. The summed E-state index contributed by atoms with van der Waals surface area (Å²) in [5, 5.41) is 2.94. The number of urea groups is 1. The van der Waals surface area contributed by atoms with E-state index in [0.717, 1.165) is 11.3 Å². The molecule has 3 rings (SSSR count). The Hall–Kier alpha value is -2.30. The normalized spacial score (nSPS) is 21.6. The summed E-state index contributed by atoms with van der Waals surface area (Å²) < 4.78 is 0. The number of rotatable bonds is 2. The molecule has 0 saturated heterocycles. The van der Waals surface area contributed by atoms with Gasteiger partial charge >= 0.3 is 6.03 Å². The van der Waals surface area contributed by atoms with Gasteiger partial charge in [-0.15, -0.1) is 0 Å². The van der Waals surface area contributed by atoms with E-state index in [1.807, 2.05) is 12.1 Å². The van der Waals surface area contributed by atoms with Gasteiger partial charge in [0.15, 0.2) is 0 Å². The topological polar surface area (TPSA) is 52.7 Å². The minimum Gasteiger partial charge on any atom is -0.336 e. The molecule has 0 bridgehead atoms. The van der Waals surface area contributed by atoms with Crippen molar-refractivity contribution in [1.82, 2.24) is 15.1 Å². The minimum absolute atomic E-state index is 0.0141. The molecular weight excluding hydrogens is 278 g/mol. The standard InChI is InChI=1S/C17H21N3O2/c1-10(2)11-5-7-12(8-6-11)15-14-13(9-19(3)16(14)21)20(4)17(22)18-15/h5-8,10,15H,9H2,1-4H3,(H,18,22). The molecule has 0 radical (unpaired) electrons. The molecule has 3 amide bonds. The van der Waals surface area contributed by atoms with Crippen LogP contribution in [0.1, 0.15) is 36.9 Å². The van der Waals surface area contributed by atoms with E-state index >= 15 is 0 Å². The van der Waals surface area contributed by atoms with Crippen LogP contribution < -0.4 is 5.32 Å². The molecule has 1 atom stereocenters. The number of nitrogens with zero attached hydrogens (tertiary/aromatic N) is 2. The van der Waals surface area contributed by atoms with Crippen molar-refractivity contribution in [1.29, 1.82) is 0 Å². The fourth-order valence-corrected chi connectivity index (χ4v) is 3.03. The number of likely N-dealkylation sites (N-methyl/N-ethyl adjacent to an activating group) is 2. The van der Waals surface area contributed by atoms with Crippen LogP contribution in [0.4, 0.5) is 4.79 Å². The summed E-state index contributed by atoms with van der Waals surface area (Å²) in [5.41, 5.74) is 3.67. The molecule has 1 unspecified atom stereocenters. The first kappa shape index (κ1) is 14.6. The first-order valence-electron chi connectivity index (χ1n) is 7.52. The predicted molar refractivity (Wildman–Crippen MR) is 84.2 cm³/mol. The highest BCUT2D eigenvalue weighted by atomic mass is 16.2. The van der Waals surface area contributed by atoms with E-state index in [4.69, 9.17) is 0 Å². The summed E-state index contributed by atoms with van der Waals surface area (Å²) in [5.74, 6) is 0.440. The summed E-state index contributed by atoms with van der Waals surface area (Å²) in [6, 6.07) is 7.60. The van der Waals surface area contributed by atoms with Gasteiger partial charge in [-0.05, 0) is 17.0 Å². The molecule has 0 aromatic heterocycles. The Morgan fingerprint density at radius 1 is 1.14 bits per heavy atom. The zero-order chi connectivity index (χ0) is 16.0. The Kier molecular flexibility index (Phi) is 3.43. The molecule has 22 heavy (non-hydrogen) atoms. The van der Waals surface area contributed by atoms with Crippen molar-refractivity contribution >= 4 is 11.9 Å². The van der Waals surface area contributed by atoms with Gasteiger partial charge in [0.25, 0.3) is 5.91 Å². The number of carbonyl (C=O) groups is 2. The highest BCUT2D eigenvalue weighted by Crippen LogP contribution is 2.35. The van der Waals surface area contributed by atoms with Crippen LogP contribution in [0.15, 0.2) is 35.5 Å². The number of carbonyl (C=O) groups excluding carboxylic acids is 2. The maximum Gasteiger partial charge on any atom is 0.322 e. The first-order chi connectivity index (χ1) is 10.4. The molecule has 0 spiro atoms. The van der Waals surface area contributed by atoms with Crippen LogP contribution in [0.5, 0.6) is 0 Å². The quantitative estimate of drug-likeness (QED) is 0.910. The van der Waals surface area contributed by atoms with E-state index in [1.54, 1.807) is 19.0 Å². The van der Waals surface area contributed by atoms with Gasteiger partial charge < -0.3 is 10.2 Å². The summed E-state index contributed by atoms with van der Waals surface area (Å²) in [6.07, 6.45) is 0. The highest BCUT2D eigenvalue weighted by Gasteiger charge is 2.41. The largest absolute Gasteiger partial charge is 0.336 e. The molecule has 1 N–H and O–H groups in total. The second-order valence-corrected chi connectivity index (χ2v) is 6.28. The van der Waals surface area contributed by atoms with Gasteiger partial charge in [-0.3, -0.25) is 9.69 Å². The molecule has 2 heterocycles. The molecular formula is C17H21N3O2. The van der Waals surface area contributed by atoms with E-state index in [0.29, 0.717) is 18.0 Å². The second-order valence-electron chi connectivity index (χ2n) is 6.28. The van der Waals surface area contributed by atoms with Crippen LogP contribution in [-0.4, -0.2) is 42.4 Å². The molecule has 5 nitrogen and oxygen atoms in total. The van der Waals surface area contributed by atoms with Gasteiger partial charge in [0.05, 0.1) is 23.9 Å². The third kappa shape index (κ3) is 2.17. The summed E-state index contributed by atoms with van der Waals surface area (Å²) in [4.78, 5) is 27.8. The maximum atomic E-state index is 12.4. The average molecular weight is 299 g/mol. The molecule has 0 saturated carbocycles. The van der Waals surface area contributed by atoms with Crippen LogP contribution in [0.3, 0.4) is 0 Å². The van der Waals surface area contributed by atoms with Crippen LogP contribution in [0.2, 0.25) is 0 Å². The summed E-state index contributed by atoms with van der Waals surface area (Å²) in [7, 11) is 3.47. The number of benzene rings is 1. The number of nitrogens with one attached hydrogen (secondary N) is 1. The van der Waals surface area contributed by atoms with Gasteiger partial charge in [0.1, 0.15) is 0 Å². The number of hydrogen-bond acceptors (Lipinski definition) is 2. The molecule has 2 aliphatic rings. The Morgan fingerprint density at radius 2 is 1.77 bits per heavy atom. The molecule has 0 fully saturated rings. The van der Waals surface area contributed by atoms with Crippen LogP contribution in [0.25, 0.3) is 0 Å². The lowest BCUT2D eigenvalue weighted by Gasteiger charge is -2.31. The predicted octanol–water partition coefficient (Wildman–Crippen LogP) is 2.23.